The summed E-state index contributed by atoms with van der Waals surface area (Å²) in [5.41, 5.74) is 1.06. The molecule has 0 aliphatic heterocycles. The van der Waals surface area contributed by atoms with E-state index in [0.717, 1.165) is 37.1 Å². The number of carbonyl (C=O) groups excluding carboxylic acids is 1. The van der Waals surface area contributed by atoms with Gasteiger partial charge in [-0.25, -0.2) is 4.68 Å². The molecular formula is C16H23N5O2S. The van der Waals surface area contributed by atoms with Gasteiger partial charge in [0, 0.05) is 6.54 Å². The minimum atomic E-state index is 0.00935. The summed E-state index contributed by atoms with van der Waals surface area (Å²) >= 11 is 1.34. The molecule has 0 atom stereocenters. The van der Waals surface area contributed by atoms with Crippen LogP contribution in [0.1, 0.15) is 31.7 Å². The molecule has 0 aliphatic carbocycles. The highest BCUT2D eigenvalue weighted by Crippen LogP contribution is 2.16. The zero-order chi connectivity index (χ0) is 17.2. The van der Waals surface area contributed by atoms with Gasteiger partial charge in [0.15, 0.2) is 0 Å². The Labute approximate surface area is 146 Å². The number of ether oxygens (including phenoxy) is 1. The van der Waals surface area contributed by atoms with Crippen molar-refractivity contribution in [2.75, 3.05) is 19.4 Å². The Hall–Kier alpha value is -2.09. The van der Waals surface area contributed by atoms with Crippen molar-refractivity contribution in [2.24, 2.45) is 0 Å². The minimum absolute atomic E-state index is 0.00935. The molecule has 1 aromatic heterocycles. The number of unbranched alkanes of at least 4 members (excludes halogenated alkanes) is 2. The van der Waals surface area contributed by atoms with E-state index in [9.17, 15) is 4.79 Å². The van der Waals surface area contributed by atoms with Gasteiger partial charge in [0.1, 0.15) is 5.75 Å². The molecule has 24 heavy (non-hydrogen) atoms. The number of tetrazole rings is 1. The van der Waals surface area contributed by atoms with Crippen molar-refractivity contribution in [3.05, 3.63) is 29.8 Å². The fraction of sp³-hybridized carbons (Fsp3) is 0.500. The van der Waals surface area contributed by atoms with Crippen LogP contribution in [0.25, 0.3) is 0 Å². The van der Waals surface area contributed by atoms with Crippen LogP contribution in [0.4, 0.5) is 0 Å². The third-order valence-electron chi connectivity index (χ3n) is 3.43. The molecule has 2 rings (SSSR count). The number of amides is 1. The summed E-state index contributed by atoms with van der Waals surface area (Å²) in [4.78, 5) is 11.8. The van der Waals surface area contributed by atoms with E-state index in [1.165, 1.54) is 11.8 Å². The molecule has 0 radical (unpaired) electrons. The fourth-order valence-electron chi connectivity index (χ4n) is 2.09. The molecular weight excluding hydrogens is 326 g/mol. The van der Waals surface area contributed by atoms with E-state index in [4.69, 9.17) is 4.74 Å². The molecule has 1 amide bonds. The van der Waals surface area contributed by atoms with Crippen LogP contribution in [0, 0.1) is 0 Å². The third kappa shape index (κ3) is 5.84. The van der Waals surface area contributed by atoms with E-state index in [1.54, 1.807) is 11.8 Å². The van der Waals surface area contributed by atoms with Crippen molar-refractivity contribution in [3.8, 4) is 5.75 Å². The van der Waals surface area contributed by atoms with Crippen LogP contribution in [-0.2, 0) is 11.3 Å². The molecule has 1 heterocycles. The number of thioether (sulfide) groups is 1. The Bertz CT molecular complexity index is 630. The van der Waals surface area contributed by atoms with Crippen molar-refractivity contribution in [1.29, 1.82) is 0 Å². The van der Waals surface area contributed by atoms with Gasteiger partial charge in [0.25, 0.3) is 0 Å². The smallest absolute Gasteiger partial charge is 0.230 e. The molecule has 130 valence electrons. The van der Waals surface area contributed by atoms with E-state index in [2.05, 4.69) is 27.8 Å². The maximum Gasteiger partial charge on any atom is 0.230 e. The molecule has 8 heteroatoms. The number of carbonyl (C=O) groups is 1. The normalized spacial score (nSPS) is 10.6. The minimum Gasteiger partial charge on any atom is -0.497 e. The largest absolute Gasteiger partial charge is 0.497 e. The van der Waals surface area contributed by atoms with Gasteiger partial charge in [-0.15, -0.1) is 5.10 Å². The summed E-state index contributed by atoms with van der Waals surface area (Å²) in [5, 5.41) is 15.2. The fourth-order valence-corrected chi connectivity index (χ4v) is 2.79. The predicted octanol–water partition coefficient (Wildman–Crippen LogP) is 2.13. The van der Waals surface area contributed by atoms with Gasteiger partial charge >= 0.3 is 0 Å². The first-order chi connectivity index (χ1) is 11.7. The van der Waals surface area contributed by atoms with Crippen molar-refractivity contribution in [1.82, 2.24) is 25.5 Å². The number of nitrogens with one attached hydrogen (secondary N) is 1. The lowest BCUT2D eigenvalue weighted by molar-refractivity contribution is -0.118. The molecule has 0 bridgehead atoms. The topological polar surface area (TPSA) is 81.9 Å². The Kier molecular flexibility index (Phi) is 7.54. The van der Waals surface area contributed by atoms with Crippen LogP contribution < -0.4 is 10.1 Å². The average Bonchev–Trinajstić information content (AvgIpc) is 3.04. The van der Waals surface area contributed by atoms with Crippen LogP contribution in [0.15, 0.2) is 29.4 Å². The highest BCUT2D eigenvalue weighted by atomic mass is 32.2. The summed E-state index contributed by atoms with van der Waals surface area (Å²) in [6.07, 6.45) is 3.29. The third-order valence-corrected chi connectivity index (χ3v) is 4.38. The van der Waals surface area contributed by atoms with Crippen LogP contribution in [0.2, 0.25) is 0 Å². The maximum absolute atomic E-state index is 11.8. The summed E-state index contributed by atoms with van der Waals surface area (Å²) in [7, 11) is 1.64. The molecule has 1 N–H and O–H groups in total. The number of methoxy groups -OCH3 is 1. The zero-order valence-corrected chi connectivity index (χ0v) is 14.9. The molecule has 2 aromatic rings. The number of rotatable bonds is 10. The monoisotopic (exact) mass is 349 g/mol. The SMILES string of the molecule is CCCCCNC(=O)CSc1nnnn1Cc1ccc(OC)cc1. The maximum atomic E-state index is 11.8. The molecule has 0 saturated heterocycles. The first-order valence-corrected chi connectivity index (χ1v) is 9.00. The molecule has 7 nitrogen and oxygen atoms in total. The van der Waals surface area contributed by atoms with Crippen molar-refractivity contribution in [2.45, 2.75) is 37.9 Å². The molecule has 1 aromatic carbocycles. The van der Waals surface area contributed by atoms with Gasteiger partial charge in [-0.3, -0.25) is 4.79 Å². The summed E-state index contributed by atoms with van der Waals surface area (Å²) < 4.78 is 6.84. The number of benzene rings is 1. The lowest BCUT2D eigenvalue weighted by Crippen LogP contribution is -2.26. The number of nitrogens with zero attached hydrogens (tertiary/aromatic N) is 4. The Morgan fingerprint density at radius 1 is 1.29 bits per heavy atom. The summed E-state index contributed by atoms with van der Waals surface area (Å²) in [6.45, 7) is 3.42. The second-order valence-electron chi connectivity index (χ2n) is 5.31. The predicted molar refractivity (Wildman–Crippen MR) is 93.2 cm³/mol. The lowest BCUT2D eigenvalue weighted by atomic mass is 10.2. The van der Waals surface area contributed by atoms with Crippen LogP contribution >= 0.6 is 11.8 Å². The van der Waals surface area contributed by atoms with Gasteiger partial charge in [-0.2, -0.15) is 0 Å². The van der Waals surface area contributed by atoms with Crippen molar-refractivity contribution in [3.63, 3.8) is 0 Å². The number of aromatic nitrogens is 4. The van der Waals surface area contributed by atoms with Crippen LogP contribution in [0.3, 0.4) is 0 Å². The first kappa shape index (κ1) is 18.3. The zero-order valence-electron chi connectivity index (χ0n) is 14.1. The Morgan fingerprint density at radius 3 is 2.79 bits per heavy atom. The molecule has 0 unspecified atom stereocenters. The lowest BCUT2D eigenvalue weighted by Gasteiger charge is -2.06. The summed E-state index contributed by atoms with van der Waals surface area (Å²) in [6, 6.07) is 7.73. The molecule has 0 fully saturated rings. The second kappa shape index (κ2) is 9.92. The number of hydrogen-bond acceptors (Lipinski definition) is 6. The molecule has 0 spiro atoms. The van der Waals surface area contributed by atoms with Gasteiger partial charge in [-0.05, 0) is 34.5 Å². The van der Waals surface area contributed by atoms with E-state index in [1.807, 2.05) is 24.3 Å². The molecule has 0 aliphatic rings. The van der Waals surface area contributed by atoms with Crippen LogP contribution in [0.5, 0.6) is 5.75 Å². The highest BCUT2D eigenvalue weighted by Gasteiger charge is 2.10. The number of hydrogen-bond donors (Lipinski definition) is 1. The van der Waals surface area contributed by atoms with Gasteiger partial charge in [-0.1, -0.05) is 43.7 Å². The standard InChI is InChI=1S/C16H23N5O2S/c1-3-4-5-10-17-15(22)12-24-16-18-19-20-21(16)11-13-6-8-14(23-2)9-7-13/h6-9H,3-5,10-12H2,1-2H3,(H,17,22). The van der Waals surface area contributed by atoms with Gasteiger partial charge in [0.05, 0.1) is 19.4 Å². The van der Waals surface area contributed by atoms with E-state index >= 15 is 0 Å². The van der Waals surface area contributed by atoms with Crippen molar-refractivity contribution < 1.29 is 9.53 Å². The van der Waals surface area contributed by atoms with Gasteiger partial charge < -0.3 is 10.1 Å². The average molecular weight is 349 g/mol. The van der Waals surface area contributed by atoms with Gasteiger partial charge in [0.2, 0.25) is 11.1 Å². The quantitative estimate of drug-likeness (QED) is 0.523. The van der Waals surface area contributed by atoms with Crippen molar-refractivity contribution >= 4 is 17.7 Å². The van der Waals surface area contributed by atoms with Crippen LogP contribution in [-0.4, -0.2) is 45.5 Å². The Morgan fingerprint density at radius 2 is 2.08 bits per heavy atom. The van der Waals surface area contributed by atoms with E-state index < -0.39 is 0 Å². The van der Waals surface area contributed by atoms with E-state index in [0.29, 0.717) is 17.5 Å². The molecule has 0 saturated carbocycles. The highest BCUT2D eigenvalue weighted by molar-refractivity contribution is 7.99. The Balaban J connectivity index is 1.82. The summed E-state index contributed by atoms with van der Waals surface area (Å²) in [5.74, 6) is 1.13. The first-order valence-electron chi connectivity index (χ1n) is 8.01. The van der Waals surface area contributed by atoms with E-state index in [-0.39, 0.29) is 5.91 Å². The second-order valence-corrected chi connectivity index (χ2v) is 6.26.